The van der Waals surface area contributed by atoms with E-state index in [-0.39, 0.29) is 0 Å². The number of H-pyrrole nitrogens is 1. The Morgan fingerprint density at radius 3 is 2.80 bits per heavy atom. The lowest BCUT2D eigenvalue weighted by molar-refractivity contribution is 0.100. The number of rotatable bonds is 1. The molecule has 0 bridgehead atoms. The van der Waals surface area contributed by atoms with Gasteiger partial charge in [-0.2, -0.15) is 0 Å². The van der Waals surface area contributed by atoms with E-state index < -0.39 is 5.91 Å². The summed E-state index contributed by atoms with van der Waals surface area (Å²) in [7, 11) is 0. The quantitative estimate of drug-likeness (QED) is 0.835. The Hall–Kier alpha value is -1.36. The highest BCUT2D eigenvalue weighted by atomic mass is 79.9. The van der Waals surface area contributed by atoms with Gasteiger partial charge in [0.25, 0.3) is 5.91 Å². The topological polar surface area (TPSA) is 71.8 Å². The van der Waals surface area contributed by atoms with E-state index in [0.29, 0.717) is 11.2 Å². The zero-order chi connectivity index (χ0) is 11.4. The number of nitrogens with two attached hydrogens (primary N) is 1. The number of aromatic amines is 1. The van der Waals surface area contributed by atoms with Crippen molar-refractivity contribution in [3.8, 4) is 0 Å². The van der Waals surface area contributed by atoms with Gasteiger partial charge < -0.3 is 10.7 Å². The van der Waals surface area contributed by atoms with E-state index >= 15 is 0 Å². The highest BCUT2D eigenvalue weighted by Crippen LogP contribution is 2.19. The van der Waals surface area contributed by atoms with Crippen LogP contribution in [0.25, 0.3) is 11.0 Å². The number of hydrogen-bond acceptors (Lipinski definition) is 2. The monoisotopic (exact) mass is 269 g/mol. The summed E-state index contributed by atoms with van der Waals surface area (Å²) >= 11 is 3.27. The van der Waals surface area contributed by atoms with Gasteiger partial charge in [0.1, 0.15) is 5.65 Å². The Morgan fingerprint density at radius 1 is 1.53 bits per heavy atom. The van der Waals surface area contributed by atoms with Crippen LogP contribution in [-0.4, -0.2) is 15.9 Å². The number of fused-ring (bicyclic) bond motifs is 1. The van der Waals surface area contributed by atoms with Gasteiger partial charge in [-0.05, 0) is 22.0 Å². The molecule has 0 fully saturated rings. The zero-order valence-corrected chi connectivity index (χ0v) is 10.1. The van der Waals surface area contributed by atoms with Crippen LogP contribution in [-0.2, 0) is 0 Å². The van der Waals surface area contributed by atoms with Crippen molar-refractivity contribution in [2.24, 2.45) is 5.73 Å². The summed E-state index contributed by atoms with van der Waals surface area (Å²) in [4.78, 5) is 17.9. The maximum absolute atomic E-state index is 10.9. The lowest BCUT2D eigenvalue weighted by Gasteiger charge is -1.92. The fraction of sp³-hybridized carbons (Fsp3) is 0.200. The van der Waals surface area contributed by atoms with Crippen LogP contribution in [0.2, 0.25) is 0 Å². The molecule has 80 valence electrons. The second-order valence-electron chi connectivity index (χ2n) is 2.62. The minimum Gasteiger partial charge on any atom is -0.366 e. The molecule has 0 spiro atoms. The molecule has 0 unspecified atom stereocenters. The molecule has 0 saturated heterocycles. The molecule has 0 saturated carbocycles. The number of halogens is 1. The van der Waals surface area contributed by atoms with Crippen LogP contribution in [0.1, 0.15) is 24.2 Å². The molecule has 2 rings (SSSR count). The number of pyridine rings is 1. The number of amides is 1. The van der Waals surface area contributed by atoms with Gasteiger partial charge in [-0.15, -0.1) is 0 Å². The van der Waals surface area contributed by atoms with Gasteiger partial charge in [0.05, 0.1) is 5.56 Å². The summed E-state index contributed by atoms with van der Waals surface area (Å²) in [5, 5.41) is 0.738. The largest absolute Gasteiger partial charge is 0.366 e. The van der Waals surface area contributed by atoms with Crippen LogP contribution < -0.4 is 5.73 Å². The molecule has 0 aliphatic heterocycles. The fourth-order valence-electron chi connectivity index (χ4n) is 1.18. The molecule has 0 atom stereocenters. The summed E-state index contributed by atoms with van der Waals surface area (Å²) < 4.78 is 0.821. The predicted octanol–water partition coefficient (Wildman–Crippen LogP) is 2.45. The standard InChI is InChI=1S/C8H6BrN3O.C2H6/c9-4-1-5-6(7(10)13)3-12-8(5)11-2-4;1-2/h1-3H,(H2,10,13)(H,11,12);1-2H3. The van der Waals surface area contributed by atoms with Gasteiger partial charge in [-0.3, -0.25) is 4.79 Å². The summed E-state index contributed by atoms with van der Waals surface area (Å²) in [5.41, 5.74) is 6.30. The third-order valence-electron chi connectivity index (χ3n) is 1.76. The van der Waals surface area contributed by atoms with Gasteiger partial charge >= 0.3 is 0 Å². The predicted molar refractivity (Wildman–Crippen MR) is 63.7 cm³/mol. The van der Waals surface area contributed by atoms with E-state index in [9.17, 15) is 4.79 Å². The number of carbonyl (C=O) groups excluding carboxylic acids is 1. The first-order chi connectivity index (χ1) is 7.18. The number of aromatic nitrogens is 2. The van der Waals surface area contributed by atoms with Crippen molar-refractivity contribution in [2.75, 3.05) is 0 Å². The number of nitrogens with one attached hydrogen (secondary N) is 1. The first kappa shape index (κ1) is 11.7. The van der Waals surface area contributed by atoms with Crippen molar-refractivity contribution in [1.82, 2.24) is 9.97 Å². The van der Waals surface area contributed by atoms with E-state index in [4.69, 9.17) is 5.73 Å². The Balaban J connectivity index is 0.000000531. The van der Waals surface area contributed by atoms with E-state index in [2.05, 4.69) is 25.9 Å². The first-order valence-electron chi connectivity index (χ1n) is 4.61. The van der Waals surface area contributed by atoms with Crippen LogP contribution >= 0.6 is 15.9 Å². The fourth-order valence-corrected chi connectivity index (χ4v) is 1.51. The molecule has 2 aromatic rings. The molecule has 0 aliphatic carbocycles. The molecule has 0 radical (unpaired) electrons. The Labute approximate surface area is 96.0 Å². The summed E-state index contributed by atoms with van der Waals surface area (Å²) in [6, 6.07) is 1.80. The molecular weight excluding hydrogens is 258 g/mol. The van der Waals surface area contributed by atoms with E-state index in [1.165, 1.54) is 0 Å². The highest BCUT2D eigenvalue weighted by Gasteiger charge is 2.08. The molecule has 0 aliphatic rings. The first-order valence-corrected chi connectivity index (χ1v) is 5.40. The third-order valence-corrected chi connectivity index (χ3v) is 2.20. The van der Waals surface area contributed by atoms with Crippen LogP contribution in [0.5, 0.6) is 0 Å². The number of carbonyl (C=O) groups is 1. The minimum atomic E-state index is -0.453. The van der Waals surface area contributed by atoms with Crippen LogP contribution in [0.3, 0.4) is 0 Å². The van der Waals surface area contributed by atoms with Crippen molar-refractivity contribution in [3.63, 3.8) is 0 Å². The number of primary amides is 1. The van der Waals surface area contributed by atoms with E-state index in [1.807, 2.05) is 13.8 Å². The molecule has 2 heterocycles. The average molecular weight is 270 g/mol. The smallest absolute Gasteiger partial charge is 0.250 e. The molecule has 2 aromatic heterocycles. The van der Waals surface area contributed by atoms with Gasteiger partial charge in [-0.25, -0.2) is 4.98 Å². The zero-order valence-electron chi connectivity index (χ0n) is 8.54. The van der Waals surface area contributed by atoms with Gasteiger partial charge in [0.2, 0.25) is 0 Å². The van der Waals surface area contributed by atoms with Crippen LogP contribution in [0, 0.1) is 0 Å². The highest BCUT2D eigenvalue weighted by molar-refractivity contribution is 9.10. The molecule has 4 nitrogen and oxygen atoms in total. The van der Waals surface area contributed by atoms with Gasteiger partial charge in [-0.1, -0.05) is 13.8 Å². The summed E-state index contributed by atoms with van der Waals surface area (Å²) in [6.45, 7) is 4.00. The molecule has 1 amide bonds. The minimum absolute atomic E-state index is 0.453. The molecular formula is C10H12BrN3O. The van der Waals surface area contributed by atoms with Crippen LogP contribution in [0.15, 0.2) is 22.9 Å². The maximum Gasteiger partial charge on any atom is 0.250 e. The SMILES string of the molecule is CC.NC(=O)c1c[nH]c2ncc(Br)cc12. The Kier molecular flexibility index (Phi) is 3.85. The molecule has 0 aromatic carbocycles. The molecule has 5 heteroatoms. The molecule has 15 heavy (non-hydrogen) atoms. The van der Waals surface area contributed by atoms with Gasteiger partial charge in [0.15, 0.2) is 0 Å². The lowest BCUT2D eigenvalue weighted by atomic mass is 10.2. The number of hydrogen-bond donors (Lipinski definition) is 2. The van der Waals surface area contributed by atoms with Gasteiger partial charge in [0, 0.05) is 22.3 Å². The maximum atomic E-state index is 10.9. The van der Waals surface area contributed by atoms with Crippen molar-refractivity contribution < 1.29 is 4.79 Å². The second-order valence-corrected chi connectivity index (χ2v) is 3.53. The van der Waals surface area contributed by atoms with Crippen molar-refractivity contribution in [2.45, 2.75) is 13.8 Å². The van der Waals surface area contributed by atoms with E-state index in [0.717, 1.165) is 9.86 Å². The lowest BCUT2D eigenvalue weighted by Crippen LogP contribution is -2.09. The number of nitrogens with zero attached hydrogens (tertiary/aromatic N) is 1. The van der Waals surface area contributed by atoms with Crippen molar-refractivity contribution >= 4 is 32.9 Å². The van der Waals surface area contributed by atoms with Crippen LogP contribution in [0.4, 0.5) is 0 Å². The van der Waals surface area contributed by atoms with Crippen molar-refractivity contribution in [1.29, 1.82) is 0 Å². The third kappa shape index (κ3) is 2.36. The Bertz CT molecular complexity index is 478. The molecule has 3 N–H and O–H groups in total. The summed E-state index contributed by atoms with van der Waals surface area (Å²) in [6.07, 6.45) is 3.22. The van der Waals surface area contributed by atoms with Crippen molar-refractivity contribution in [3.05, 3.63) is 28.5 Å². The summed E-state index contributed by atoms with van der Waals surface area (Å²) in [5.74, 6) is -0.453. The Morgan fingerprint density at radius 2 is 2.20 bits per heavy atom. The normalized spacial score (nSPS) is 9.53. The second kappa shape index (κ2) is 4.93. The average Bonchev–Trinajstić information content (AvgIpc) is 2.63. The van der Waals surface area contributed by atoms with E-state index in [1.54, 1.807) is 18.5 Å².